The Kier molecular flexibility index (Phi) is 6.91. The molecule has 2 rings (SSSR count). The van der Waals surface area contributed by atoms with Crippen molar-refractivity contribution in [2.75, 3.05) is 0 Å². The fourth-order valence-corrected chi connectivity index (χ4v) is 2.19. The quantitative estimate of drug-likeness (QED) is 0.435. The van der Waals surface area contributed by atoms with Gasteiger partial charge in [-0.3, -0.25) is 4.79 Å². The summed E-state index contributed by atoms with van der Waals surface area (Å²) in [5, 5.41) is 8.84. The van der Waals surface area contributed by atoms with Crippen LogP contribution in [0.25, 0.3) is 0 Å². The molecule has 0 saturated heterocycles. The van der Waals surface area contributed by atoms with Crippen LogP contribution in [0.5, 0.6) is 11.5 Å². The molecule has 1 N–H and O–H groups in total. The fraction of sp³-hybridized carbons (Fsp3) is 0.250. The summed E-state index contributed by atoms with van der Waals surface area (Å²) in [7, 11) is 0. The number of hydrogen-bond acceptors (Lipinski definition) is 5. The second kappa shape index (κ2) is 9.36. The topological polar surface area (TPSA) is 89.9 Å². The molecule has 2 aromatic carbocycles. The third-order valence-electron chi connectivity index (χ3n) is 3.62. The Labute approximate surface area is 151 Å². The average Bonchev–Trinajstić information content (AvgIpc) is 2.63. The first-order valence-electron chi connectivity index (χ1n) is 8.36. The van der Waals surface area contributed by atoms with Crippen molar-refractivity contribution in [3.63, 3.8) is 0 Å². The Morgan fingerprint density at radius 3 is 1.88 bits per heavy atom. The number of unbranched alkanes of at least 4 members (excludes halogenated alkanes) is 2. The molecule has 136 valence electrons. The minimum atomic E-state index is -1.05. The van der Waals surface area contributed by atoms with Gasteiger partial charge < -0.3 is 14.6 Å². The maximum atomic E-state index is 12.1. The molecule has 2 aromatic rings. The first kappa shape index (κ1) is 19.2. The number of hydrogen-bond donors (Lipinski definition) is 1. The summed E-state index contributed by atoms with van der Waals surface area (Å²) < 4.78 is 10.4. The van der Waals surface area contributed by atoms with Gasteiger partial charge in [0.25, 0.3) is 0 Å². The minimum Gasteiger partial charge on any atom is -0.478 e. The van der Waals surface area contributed by atoms with Crippen LogP contribution in [0, 0.1) is 0 Å². The zero-order valence-corrected chi connectivity index (χ0v) is 14.4. The van der Waals surface area contributed by atoms with E-state index in [4.69, 9.17) is 14.6 Å². The number of aromatic carboxylic acids is 1. The van der Waals surface area contributed by atoms with E-state index in [2.05, 4.69) is 6.92 Å². The van der Waals surface area contributed by atoms with Crippen molar-refractivity contribution in [2.24, 2.45) is 0 Å². The van der Waals surface area contributed by atoms with Crippen LogP contribution in [0.1, 0.15) is 53.3 Å². The minimum absolute atomic E-state index is 0.106. The lowest BCUT2D eigenvalue weighted by molar-refractivity contribution is -0.134. The van der Waals surface area contributed by atoms with Crippen molar-refractivity contribution in [2.45, 2.75) is 32.6 Å². The summed E-state index contributed by atoms with van der Waals surface area (Å²) in [5.74, 6) is -1.33. The second-order valence-corrected chi connectivity index (χ2v) is 5.67. The highest BCUT2D eigenvalue weighted by Crippen LogP contribution is 2.17. The molecule has 0 atom stereocenters. The van der Waals surface area contributed by atoms with Gasteiger partial charge in [0, 0.05) is 6.42 Å². The molecule has 0 amide bonds. The molecular formula is C20H20O6. The zero-order valence-electron chi connectivity index (χ0n) is 14.4. The lowest BCUT2D eigenvalue weighted by Gasteiger charge is -2.07. The van der Waals surface area contributed by atoms with Crippen LogP contribution in [0.4, 0.5) is 0 Å². The van der Waals surface area contributed by atoms with Crippen LogP contribution in [0.15, 0.2) is 48.5 Å². The smallest absolute Gasteiger partial charge is 0.343 e. The molecule has 0 aromatic heterocycles. The molecule has 0 bridgehead atoms. The predicted octanol–water partition coefficient (Wildman–Crippen LogP) is 4.09. The third-order valence-corrected chi connectivity index (χ3v) is 3.62. The number of benzene rings is 2. The first-order valence-corrected chi connectivity index (χ1v) is 8.36. The van der Waals surface area contributed by atoms with Gasteiger partial charge in [-0.2, -0.15) is 0 Å². The highest BCUT2D eigenvalue weighted by molar-refractivity contribution is 5.91. The van der Waals surface area contributed by atoms with Crippen LogP contribution in [-0.2, 0) is 4.79 Å². The van der Waals surface area contributed by atoms with Crippen LogP contribution >= 0.6 is 0 Å². The first-order chi connectivity index (χ1) is 12.5. The van der Waals surface area contributed by atoms with Crippen LogP contribution in [0.3, 0.4) is 0 Å². The van der Waals surface area contributed by atoms with Gasteiger partial charge in [0.1, 0.15) is 11.5 Å². The van der Waals surface area contributed by atoms with Crippen molar-refractivity contribution >= 4 is 17.9 Å². The Morgan fingerprint density at radius 1 is 0.808 bits per heavy atom. The molecule has 0 fully saturated rings. The highest BCUT2D eigenvalue weighted by Gasteiger charge is 2.11. The average molecular weight is 356 g/mol. The van der Waals surface area contributed by atoms with Gasteiger partial charge in [0.05, 0.1) is 11.1 Å². The van der Waals surface area contributed by atoms with Crippen molar-refractivity contribution in [1.82, 2.24) is 0 Å². The molecule has 0 aliphatic heterocycles. The van der Waals surface area contributed by atoms with E-state index in [-0.39, 0.29) is 22.8 Å². The molecule has 0 radical (unpaired) electrons. The Hall–Kier alpha value is -3.15. The van der Waals surface area contributed by atoms with Gasteiger partial charge >= 0.3 is 17.9 Å². The summed E-state index contributed by atoms with van der Waals surface area (Å²) in [6, 6.07) is 11.6. The molecule has 0 unspecified atom stereocenters. The van der Waals surface area contributed by atoms with E-state index >= 15 is 0 Å². The Balaban J connectivity index is 1.91. The van der Waals surface area contributed by atoms with Gasteiger partial charge in [-0.05, 0) is 55.0 Å². The van der Waals surface area contributed by atoms with Crippen molar-refractivity contribution in [3.8, 4) is 11.5 Å². The number of rotatable bonds is 8. The Morgan fingerprint density at radius 2 is 1.35 bits per heavy atom. The predicted molar refractivity (Wildman–Crippen MR) is 94.6 cm³/mol. The maximum absolute atomic E-state index is 12.1. The van der Waals surface area contributed by atoms with Gasteiger partial charge in [0.15, 0.2) is 0 Å². The number of carbonyl (C=O) groups excluding carboxylic acids is 2. The van der Waals surface area contributed by atoms with Crippen molar-refractivity contribution in [1.29, 1.82) is 0 Å². The number of ether oxygens (including phenoxy) is 2. The SMILES string of the molecule is CCCCCC(=O)Oc1ccc(C(=O)Oc2ccc(C(=O)O)cc2)cc1. The maximum Gasteiger partial charge on any atom is 0.343 e. The van der Waals surface area contributed by atoms with E-state index in [1.165, 1.54) is 48.5 Å². The fourth-order valence-electron chi connectivity index (χ4n) is 2.19. The van der Waals surface area contributed by atoms with Crippen LogP contribution in [0.2, 0.25) is 0 Å². The summed E-state index contributed by atoms with van der Waals surface area (Å²) in [5.41, 5.74) is 0.396. The van der Waals surface area contributed by atoms with Gasteiger partial charge in [-0.25, -0.2) is 9.59 Å². The van der Waals surface area contributed by atoms with Crippen molar-refractivity contribution in [3.05, 3.63) is 59.7 Å². The van der Waals surface area contributed by atoms with E-state index in [1.807, 2.05) is 0 Å². The molecule has 0 heterocycles. The van der Waals surface area contributed by atoms with E-state index in [9.17, 15) is 14.4 Å². The molecule has 26 heavy (non-hydrogen) atoms. The van der Waals surface area contributed by atoms with E-state index in [0.29, 0.717) is 12.2 Å². The van der Waals surface area contributed by atoms with E-state index < -0.39 is 11.9 Å². The summed E-state index contributed by atoms with van der Waals surface area (Å²) in [4.78, 5) is 34.6. The van der Waals surface area contributed by atoms with Crippen LogP contribution < -0.4 is 9.47 Å². The van der Waals surface area contributed by atoms with Gasteiger partial charge in [0.2, 0.25) is 0 Å². The molecular weight excluding hydrogens is 336 g/mol. The van der Waals surface area contributed by atoms with Gasteiger partial charge in [-0.15, -0.1) is 0 Å². The highest BCUT2D eigenvalue weighted by atomic mass is 16.5. The molecule has 0 aliphatic carbocycles. The standard InChI is InChI=1S/C20H20O6/c1-2-3-4-5-18(21)25-16-12-8-15(9-13-16)20(24)26-17-10-6-14(7-11-17)19(22)23/h6-13H,2-5H2,1H3,(H,22,23). The monoisotopic (exact) mass is 356 g/mol. The number of carbonyl (C=O) groups is 3. The van der Waals surface area contributed by atoms with Crippen molar-refractivity contribution < 1.29 is 29.0 Å². The number of carboxylic acid groups (broad SMARTS) is 1. The van der Waals surface area contributed by atoms with E-state index in [0.717, 1.165) is 19.3 Å². The molecule has 6 heteroatoms. The third kappa shape index (κ3) is 5.73. The second-order valence-electron chi connectivity index (χ2n) is 5.67. The lowest BCUT2D eigenvalue weighted by atomic mass is 10.2. The molecule has 0 spiro atoms. The number of esters is 2. The Bertz CT molecular complexity index is 762. The van der Waals surface area contributed by atoms with Crippen LogP contribution in [-0.4, -0.2) is 23.0 Å². The zero-order chi connectivity index (χ0) is 18.9. The summed E-state index contributed by atoms with van der Waals surface area (Å²) in [6.45, 7) is 2.06. The molecule has 0 saturated carbocycles. The lowest BCUT2D eigenvalue weighted by Crippen LogP contribution is -2.10. The largest absolute Gasteiger partial charge is 0.478 e. The summed E-state index contributed by atoms with van der Waals surface area (Å²) >= 11 is 0. The molecule has 6 nitrogen and oxygen atoms in total. The van der Waals surface area contributed by atoms with E-state index in [1.54, 1.807) is 0 Å². The summed E-state index contributed by atoms with van der Waals surface area (Å²) in [6.07, 6.45) is 3.17. The number of carboxylic acids is 1. The van der Waals surface area contributed by atoms with Gasteiger partial charge in [-0.1, -0.05) is 19.8 Å². The molecule has 0 aliphatic rings. The normalized spacial score (nSPS) is 10.2.